The van der Waals surface area contributed by atoms with Gasteiger partial charge in [0.25, 0.3) is 5.91 Å². The van der Waals surface area contributed by atoms with Crippen LogP contribution < -0.4 is 10.1 Å². The maximum atomic E-state index is 11.9. The number of benzene rings is 2. The molecule has 0 fully saturated rings. The van der Waals surface area contributed by atoms with Crippen LogP contribution >= 0.6 is 11.6 Å². The number of amides is 1. The SMILES string of the molecule is CCc1ccc(NC(=O)COC(=O)Cc2cc(Cl)ccc2OC)cc1. The Balaban J connectivity index is 1.84. The lowest BCUT2D eigenvalue weighted by Gasteiger charge is -2.10. The molecule has 0 saturated heterocycles. The summed E-state index contributed by atoms with van der Waals surface area (Å²) in [7, 11) is 1.51. The van der Waals surface area contributed by atoms with Gasteiger partial charge in [0.05, 0.1) is 13.5 Å². The number of methoxy groups -OCH3 is 1. The van der Waals surface area contributed by atoms with Gasteiger partial charge in [0, 0.05) is 16.3 Å². The first kappa shape index (κ1) is 18.8. The number of ether oxygens (including phenoxy) is 2. The fraction of sp³-hybridized carbons (Fsp3) is 0.263. The van der Waals surface area contributed by atoms with Gasteiger partial charge in [-0.25, -0.2) is 0 Å². The molecule has 0 aliphatic carbocycles. The van der Waals surface area contributed by atoms with Gasteiger partial charge in [-0.3, -0.25) is 9.59 Å². The lowest BCUT2D eigenvalue weighted by atomic mass is 10.1. The van der Waals surface area contributed by atoms with E-state index in [2.05, 4.69) is 12.2 Å². The summed E-state index contributed by atoms with van der Waals surface area (Å²) >= 11 is 5.92. The number of hydrogen-bond donors (Lipinski definition) is 1. The summed E-state index contributed by atoms with van der Waals surface area (Å²) in [5, 5.41) is 3.18. The fourth-order valence-electron chi connectivity index (χ4n) is 2.26. The van der Waals surface area contributed by atoms with E-state index in [0.29, 0.717) is 22.0 Å². The minimum Gasteiger partial charge on any atom is -0.496 e. The van der Waals surface area contributed by atoms with Gasteiger partial charge in [0.2, 0.25) is 0 Å². The average molecular weight is 362 g/mol. The molecule has 25 heavy (non-hydrogen) atoms. The van der Waals surface area contributed by atoms with Crippen molar-refractivity contribution in [1.82, 2.24) is 0 Å². The Bertz CT molecular complexity index is 744. The molecule has 5 nitrogen and oxygen atoms in total. The number of anilines is 1. The smallest absolute Gasteiger partial charge is 0.310 e. The van der Waals surface area contributed by atoms with Gasteiger partial charge in [-0.1, -0.05) is 30.7 Å². The van der Waals surface area contributed by atoms with E-state index < -0.39 is 11.9 Å². The van der Waals surface area contributed by atoms with E-state index >= 15 is 0 Å². The van der Waals surface area contributed by atoms with E-state index in [1.165, 1.54) is 12.7 Å². The van der Waals surface area contributed by atoms with Gasteiger partial charge in [0.15, 0.2) is 6.61 Å². The van der Waals surface area contributed by atoms with Crippen molar-refractivity contribution in [3.63, 3.8) is 0 Å². The molecule has 0 radical (unpaired) electrons. The van der Waals surface area contributed by atoms with Gasteiger partial charge >= 0.3 is 5.97 Å². The monoisotopic (exact) mass is 361 g/mol. The van der Waals surface area contributed by atoms with Gasteiger partial charge in [-0.2, -0.15) is 0 Å². The zero-order valence-electron chi connectivity index (χ0n) is 14.2. The Labute approximate surface area is 151 Å². The second kappa shape index (κ2) is 9.08. The predicted molar refractivity (Wildman–Crippen MR) is 97.1 cm³/mol. The summed E-state index contributed by atoms with van der Waals surface area (Å²) in [6.07, 6.45) is 0.904. The van der Waals surface area contributed by atoms with Crippen LogP contribution in [0.4, 0.5) is 5.69 Å². The molecule has 0 unspecified atom stereocenters. The minimum absolute atomic E-state index is 0.0256. The summed E-state index contributed by atoms with van der Waals surface area (Å²) in [4.78, 5) is 23.8. The highest BCUT2D eigenvalue weighted by atomic mass is 35.5. The number of nitrogens with one attached hydrogen (secondary N) is 1. The van der Waals surface area contributed by atoms with Crippen molar-refractivity contribution in [2.45, 2.75) is 19.8 Å². The predicted octanol–water partition coefficient (Wildman–Crippen LogP) is 3.64. The standard InChI is InChI=1S/C19H20ClNO4/c1-3-13-4-7-16(8-5-13)21-18(22)12-25-19(23)11-14-10-15(20)6-9-17(14)24-2/h4-10H,3,11-12H2,1-2H3,(H,21,22). The second-order valence-electron chi connectivity index (χ2n) is 5.39. The first-order chi connectivity index (χ1) is 12.0. The van der Waals surface area contributed by atoms with E-state index in [0.717, 1.165) is 6.42 Å². The zero-order chi connectivity index (χ0) is 18.2. The summed E-state index contributed by atoms with van der Waals surface area (Å²) in [6.45, 7) is 1.71. The molecule has 0 aromatic heterocycles. The molecule has 0 aliphatic heterocycles. The first-order valence-electron chi connectivity index (χ1n) is 7.88. The van der Waals surface area contributed by atoms with E-state index in [9.17, 15) is 9.59 Å². The molecule has 0 heterocycles. The summed E-state index contributed by atoms with van der Waals surface area (Å²) in [5.41, 5.74) is 2.45. The van der Waals surface area contributed by atoms with Crippen molar-refractivity contribution in [1.29, 1.82) is 0 Å². The van der Waals surface area contributed by atoms with Crippen LogP contribution in [0.25, 0.3) is 0 Å². The molecular formula is C19H20ClNO4. The van der Waals surface area contributed by atoms with E-state index in [1.807, 2.05) is 24.3 Å². The second-order valence-corrected chi connectivity index (χ2v) is 5.83. The molecule has 0 saturated carbocycles. The molecule has 0 bridgehead atoms. The van der Waals surface area contributed by atoms with Crippen LogP contribution in [-0.2, 0) is 27.2 Å². The summed E-state index contributed by atoms with van der Waals surface area (Å²) in [6, 6.07) is 12.5. The van der Waals surface area contributed by atoms with E-state index in [1.54, 1.807) is 18.2 Å². The van der Waals surface area contributed by atoms with Crippen molar-refractivity contribution in [2.75, 3.05) is 19.0 Å². The molecule has 0 aliphatic rings. The van der Waals surface area contributed by atoms with Crippen LogP contribution in [0.3, 0.4) is 0 Å². The molecule has 132 valence electrons. The Hall–Kier alpha value is -2.53. The molecular weight excluding hydrogens is 342 g/mol. The number of halogens is 1. The number of carbonyl (C=O) groups is 2. The number of aryl methyl sites for hydroxylation is 1. The van der Waals surface area contributed by atoms with Crippen molar-refractivity contribution >= 4 is 29.2 Å². The number of rotatable bonds is 7. The molecule has 1 N–H and O–H groups in total. The van der Waals surface area contributed by atoms with Crippen LogP contribution in [0.1, 0.15) is 18.1 Å². The van der Waals surface area contributed by atoms with Gasteiger partial charge < -0.3 is 14.8 Å². The molecule has 6 heteroatoms. The Morgan fingerprint density at radius 2 is 1.84 bits per heavy atom. The number of hydrogen-bond acceptors (Lipinski definition) is 4. The molecule has 2 aromatic rings. The Morgan fingerprint density at radius 1 is 1.12 bits per heavy atom. The molecule has 1 amide bonds. The van der Waals surface area contributed by atoms with Crippen LogP contribution in [-0.4, -0.2) is 25.6 Å². The quantitative estimate of drug-likeness (QED) is 0.765. The van der Waals surface area contributed by atoms with Crippen LogP contribution in [0.15, 0.2) is 42.5 Å². The fourth-order valence-corrected chi connectivity index (χ4v) is 2.45. The topological polar surface area (TPSA) is 64.6 Å². The van der Waals surface area contributed by atoms with Gasteiger partial charge in [0.1, 0.15) is 5.75 Å². The van der Waals surface area contributed by atoms with Crippen LogP contribution in [0.2, 0.25) is 5.02 Å². The highest BCUT2D eigenvalue weighted by Gasteiger charge is 2.12. The third kappa shape index (κ3) is 5.80. The van der Waals surface area contributed by atoms with E-state index in [-0.39, 0.29) is 13.0 Å². The van der Waals surface area contributed by atoms with Crippen molar-refractivity contribution in [3.8, 4) is 5.75 Å². The maximum absolute atomic E-state index is 11.9. The maximum Gasteiger partial charge on any atom is 0.310 e. The third-order valence-electron chi connectivity index (χ3n) is 3.59. The van der Waals surface area contributed by atoms with Gasteiger partial charge in [-0.05, 0) is 42.3 Å². The summed E-state index contributed by atoms with van der Waals surface area (Å²) in [5.74, 6) is -0.380. The molecule has 2 aromatic carbocycles. The van der Waals surface area contributed by atoms with Crippen LogP contribution in [0, 0.1) is 0 Å². The van der Waals surface area contributed by atoms with Crippen LogP contribution in [0.5, 0.6) is 5.75 Å². The average Bonchev–Trinajstić information content (AvgIpc) is 2.61. The normalized spacial score (nSPS) is 10.2. The highest BCUT2D eigenvalue weighted by Crippen LogP contribution is 2.23. The van der Waals surface area contributed by atoms with Crippen molar-refractivity contribution in [2.24, 2.45) is 0 Å². The largest absolute Gasteiger partial charge is 0.496 e. The first-order valence-corrected chi connectivity index (χ1v) is 8.26. The number of esters is 1. The Kier molecular flexibility index (Phi) is 6.83. The van der Waals surface area contributed by atoms with E-state index in [4.69, 9.17) is 21.1 Å². The Morgan fingerprint density at radius 3 is 2.48 bits per heavy atom. The molecule has 2 rings (SSSR count). The number of carbonyl (C=O) groups excluding carboxylic acids is 2. The molecule has 0 spiro atoms. The lowest BCUT2D eigenvalue weighted by Crippen LogP contribution is -2.21. The molecule has 0 atom stereocenters. The highest BCUT2D eigenvalue weighted by molar-refractivity contribution is 6.30. The lowest BCUT2D eigenvalue weighted by molar-refractivity contribution is -0.146. The van der Waals surface area contributed by atoms with Crippen molar-refractivity contribution < 1.29 is 19.1 Å². The third-order valence-corrected chi connectivity index (χ3v) is 3.82. The zero-order valence-corrected chi connectivity index (χ0v) is 14.9. The van der Waals surface area contributed by atoms with Gasteiger partial charge in [-0.15, -0.1) is 0 Å². The minimum atomic E-state index is -0.531. The van der Waals surface area contributed by atoms with Crippen molar-refractivity contribution in [3.05, 3.63) is 58.6 Å². The summed E-state index contributed by atoms with van der Waals surface area (Å²) < 4.78 is 10.2.